The van der Waals surface area contributed by atoms with E-state index in [9.17, 15) is 0 Å². The zero-order chi connectivity index (χ0) is 20.5. The third-order valence-corrected chi connectivity index (χ3v) is 6.10. The second-order valence-electron chi connectivity index (χ2n) is 6.11. The Hall–Kier alpha value is -1.81. The number of fused-ring (bicyclic) bond motifs is 3. The highest BCUT2D eigenvalue weighted by Crippen LogP contribution is 2.35. The lowest BCUT2D eigenvalue weighted by molar-refractivity contribution is 0.298. The molecule has 1 unspecified atom stereocenters. The van der Waals surface area contributed by atoms with Crippen LogP contribution in [0.25, 0.3) is 0 Å². The van der Waals surface area contributed by atoms with E-state index in [0.717, 1.165) is 33.2 Å². The highest BCUT2D eigenvalue weighted by Gasteiger charge is 2.36. The van der Waals surface area contributed by atoms with Crippen LogP contribution in [0.5, 0.6) is 5.75 Å². The van der Waals surface area contributed by atoms with Crippen LogP contribution in [0.15, 0.2) is 45.5 Å². The molecule has 2 aliphatic rings. The van der Waals surface area contributed by atoms with Crippen LogP contribution in [0.4, 0.5) is 5.82 Å². The molecular weight excluding hydrogens is 451 g/mol. The molecule has 0 radical (unpaired) electrons. The number of halogens is 2. The van der Waals surface area contributed by atoms with E-state index in [1.807, 2.05) is 18.2 Å². The van der Waals surface area contributed by atoms with Crippen LogP contribution in [0, 0.1) is 0 Å². The van der Waals surface area contributed by atoms with Crippen LogP contribution in [0.3, 0.4) is 0 Å². The van der Waals surface area contributed by atoms with Crippen LogP contribution in [-0.2, 0) is 0 Å². The third kappa shape index (κ3) is 4.09. The Bertz CT molecular complexity index is 1020. The minimum absolute atomic E-state index is 0.0599. The van der Waals surface area contributed by atoms with Crippen LogP contribution in [0.2, 0.25) is 10.0 Å². The monoisotopic (exact) mass is 468 g/mol. The molecule has 0 fully saturated rings. The van der Waals surface area contributed by atoms with E-state index in [2.05, 4.69) is 27.6 Å². The number of hydrogen-bond acceptors (Lipinski definition) is 9. The summed E-state index contributed by atoms with van der Waals surface area (Å²) in [4.78, 5) is 14.1. The van der Waals surface area contributed by atoms with E-state index in [-0.39, 0.29) is 6.17 Å². The van der Waals surface area contributed by atoms with Gasteiger partial charge < -0.3 is 10.1 Å². The quantitative estimate of drug-likeness (QED) is 0.279. The predicted molar refractivity (Wildman–Crippen MR) is 120 cm³/mol. The molecule has 0 spiro atoms. The predicted octanol–water partition coefficient (Wildman–Crippen LogP) is 4.83. The van der Waals surface area contributed by atoms with Gasteiger partial charge in [0.2, 0.25) is 0 Å². The van der Waals surface area contributed by atoms with E-state index in [1.54, 1.807) is 41.7 Å². The van der Waals surface area contributed by atoms with Crippen LogP contribution in [0.1, 0.15) is 19.4 Å². The first-order valence-electron chi connectivity index (χ1n) is 8.82. The Morgan fingerprint density at radius 3 is 2.86 bits per heavy atom. The van der Waals surface area contributed by atoms with Gasteiger partial charge in [-0.1, -0.05) is 41.9 Å². The number of anilines is 1. The summed E-state index contributed by atoms with van der Waals surface area (Å²) < 4.78 is 5.70. The highest BCUT2D eigenvalue weighted by molar-refractivity contribution is 7.99. The number of amidine groups is 1. The fourth-order valence-electron chi connectivity index (χ4n) is 2.90. The average molecular weight is 469 g/mol. The summed E-state index contributed by atoms with van der Waals surface area (Å²) in [5, 5.41) is 7.95. The number of rotatable bonds is 5. The Morgan fingerprint density at radius 2 is 2.14 bits per heavy atom. The molecule has 3 heterocycles. The topological polar surface area (TPSA) is 74.7 Å². The van der Waals surface area contributed by atoms with E-state index in [4.69, 9.17) is 32.9 Å². The zero-order valence-electron chi connectivity index (χ0n) is 15.9. The van der Waals surface area contributed by atoms with Gasteiger partial charge in [0, 0.05) is 5.02 Å². The number of hydrazine groups is 1. The fourth-order valence-corrected chi connectivity index (χ4v) is 4.55. The van der Waals surface area contributed by atoms with Gasteiger partial charge in [-0.05, 0) is 37.1 Å². The molecule has 1 atom stereocenters. The molecule has 0 saturated heterocycles. The van der Waals surface area contributed by atoms with Gasteiger partial charge in [-0.3, -0.25) is 5.43 Å². The molecule has 4 rings (SSSR count). The van der Waals surface area contributed by atoms with Crippen molar-refractivity contribution in [2.24, 2.45) is 4.99 Å². The first-order valence-corrected chi connectivity index (χ1v) is 11.8. The molecule has 29 heavy (non-hydrogen) atoms. The van der Waals surface area contributed by atoms with E-state index >= 15 is 0 Å². The number of nitrogens with zero attached hydrogens (tertiary/aromatic N) is 4. The van der Waals surface area contributed by atoms with Crippen molar-refractivity contribution in [3.63, 3.8) is 0 Å². The maximum atomic E-state index is 6.17. The molecule has 2 aliphatic heterocycles. The molecule has 0 aliphatic carbocycles. The number of aliphatic imine (C=N–C) groups is 1. The van der Waals surface area contributed by atoms with Crippen molar-refractivity contribution in [2.75, 3.05) is 17.3 Å². The van der Waals surface area contributed by atoms with Gasteiger partial charge >= 0.3 is 0 Å². The van der Waals surface area contributed by atoms with Crippen LogP contribution < -0.4 is 15.5 Å². The Morgan fingerprint density at radius 1 is 1.31 bits per heavy atom. The smallest absolute Gasteiger partial charge is 0.190 e. The van der Waals surface area contributed by atoms with Crippen molar-refractivity contribution in [1.29, 1.82) is 0 Å². The molecule has 0 bridgehead atoms. The Kier molecular flexibility index (Phi) is 6.00. The second kappa shape index (κ2) is 8.51. The minimum atomic E-state index is -0.0599. The summed E-state index contributed by atoms with van der Waals surface area (Å²) in [6.07, 6.45) is 3.46. The number of ether oxygens (including phenoxy) is 1. The molecule has 2 aromatic rings. The first kappa shape index (κ1) is 20.5. The largest absolute Gasteiger partial charge is 0.460 e. The fraction of sp³-hybridized carbons (Fsp3) is 0.278. The standard InChI is InChI=1S/C18H18Cl2N6OS2/c1-4-29-18-23-15-14(17(24-18)28-3)16-22-13(25-26(16)9(2)21-15)8-27-12-6-5-10(19)7-11(12)20/h5-9,25H,4H2,1-3H3,(H,21,23,24). The number of benzene rings is 1. The van der Waals surface area contributed by atoms with Gasteiger partial charge in [0.15, 0.2) is 16.8 Å². The molecule has 1 aromatic carbocycles. The summed E-state index contributed by atoms with van der Waals surface area (Å²) in [5.41, 5.74) is 4.11. The van der Waals surface area contributed by atoms with Crippen molar-refractivity contribution < 1.29 is 4.74 Å². The number of thioether (sulfide) groups is 2. The van der Waals surface area contributed by atoms with Crippen molar-refractivity contribution in [2.45, 2.75) is 30.2 Å². The van der Waals surface area contributed by atoms with Gasteiger partial charge in [-0.15, -0.1) is 11.8 Å². The molecule has 0 amide bonds. The molecule has 7 nitrogen and oxygen atoms in total. The molecule has 11 heteroatoms. The van der Waals surface area contributed by atoms with Crippen molar-refractivity contribution in [1.82, 2.24) is 20.4 Å². The number of nitrogens with one attached hydrogen (secondary N) is 2. The van der Waals surface area contributed by atoms with Gasteiger partial charge in [0.1, 0.15) is 29.0 Å². The molecule has 0 saturated carbocycles. The normalized spacial score (nSPS) is 18.7. The third-order valence-electron chi connectivity index (χ3n) is 4.16. The number of hydrogen-bond donors (Lipinski definition) is 2. The summed E-state index contributed by atoms with van der Waals surface area (Å²) in [5.74, 6) is 3.49. The van der Waals surface area contributed by atoms with Crippen molar-refractivity contribution in [3.8, 4) is 5.75 Å². The van der Waals surface area contributed by atoms with Gasteiger partial charge in [-0.2, -0.15) is 0 Å². The molecule has 152 valence electrons. The second-order valence-corrected chi connectivity index (χ2v) is 8.98. The number of aromatic nitrogens is 2. The zero-order valence-corrected chi connectivity index (χ0v) is 19.0. The lowest BCUT2D eigenvalue weighted by atomic mass is 10.2. The maximum Gasteiger partial charge on any atom is 0.190 e. The average Bonchev–Trinajstić information content (AvgIpc) is 3.11. The van der Waals surface area contributed by atoms with Gasteiger partial charge in [0.05, 0.1) is 10.6 Å². The van der Waals surface area contributed by atoms with Crippen molar-refractivity contribution in [3.05, 3.63) is 45.9 Å². The maximum absolute atomic E-state index is 6.17. The van der Waals surface area contributed by atoms with Crippen LogP contribution in [-0.4, -0.2) is 39.0 Å². The van der Waals surface area contributed by atoms with Gasteiger partial charge in [0.25, 0.3) is 0 Å². The summed E-state index contributed by atoms with van der Waals surface area (Å²) in [7, 11) is 0. The summed E-state index contributed by atoms with van der Waals surface area (Å²) >= 11 is 15.3. The van der Waals surface area contributed by atoms with Crippen LogP contribution >= 0.6 is 46.7 Å². The first-order chi connectivity index (χ1) is 14.0. The summed E-state index contributed by atoms with van der Waals surface area (Å²) in [6.45, 7) is 4.11. The Labute approximate surface area is 187 Å². The minimum Gasteiger partial charge on any atom is -0.460 e. The van der Waals surface area contributed by atoms with E-state index in [1.165, 1.54) is 6.26 Å². The highest BCUT2D eigenvalue weighted by atomic mass is 35.5. The summed E-state index contributed by atoms with van der Waals surface area (Å²) in [6, 6.07) is 5.06. The molecular formula is C18H18Cl2N6OS2. The Balaban J connectivity index is 1.68. The van der Waals surface area contributed by atoms with Crippen molar-refractivity contribution >= 4 is 58.4 Å². The lowest BCUT2D eigenvalue weighted by Gasteiger charge is -2.34. The van der Waals surface area contributed by atoms with E-state index < -0.39 is 0 Å². The van der Waals surface area contributed by atoms with E-state index in [0.29, 0.717) is 21.6 Å². The molecule has 1 aromatic heterocycles. The van der Waals surface area contributed by atoms with Gasteiger partial charge in [-0.25, -0.2) is 20.0 Å². The molecule has 2 N–H and O–H groups in total. The SMILES string of the molecule is CCSc1nc2c(c(SC)n1)C1=NC(=COc3ccc(Cl)cc3Cl)NN1C(C)N2. The lowest BCUT2D eigenvalue weighted by Crippen LogP contribution is -2.51.